The fourth-order valence-corrected chi connectivity index (χ4v) is 1.29. The van der Waals surface area contributed by atoms with E-state index >= 15 is 0 Å². The molecular formula is C11H18N2O. The van der Waals surface area contributed by atoms with Crippen LogP contribution in [-0.2, 0) is 6.54 Å². The molecular weight excluding hydrogens is 176 g/mol. The number of aromatic nitrogens is 1. The number of nitrogens with one attached hydrogen (secondary N) is 1. The van der Waals surface area contributed by atoms with E-state index in [0.717, 1.165) is 19.5 Å². The van der Waals surface area contributed by atoms with Crippen molar-refractivity contribution in [1.29, 1.82) is 0 Å². The highest BCUT2D eigenvalue weighted by atomic mass is 16.1. The number of rotatable bonds is 5. The van der Waals surface area contributed by atoms with E-state index in [-0.39, 0.29) is 5.56 Å². The fourth-order valence-electron chi connectivity index (χ4n) is 1.29. The molecule has 3 nitrogen and oxygen atoms in total. The third-order valence-electron chi connectivity index (χ3n) is 2.03. The molecule has 1 aromatic heterocycles. The molecule has 0 bridgehead atoms. The van der Waals surface area contributed by atoms with Crippen LogP contribution in [0, 0.1) is 0 Å². The summed E-state index contributed by atoms with van der Waals surface area (Å²) in [6.07, 6.45) is 2.82. The third-order valence-corrected chi connectivity index (χ3v) is 2.03. The van der Waals surface area contributed by atoms with Crippen molar-refractivity contribution in [1.82, 2.24) is 9.88 Å². The second-order valence-electron chi connectivity index (χ2n) is 3.69. The van der Waals surface area contributed by atoms with Crippen LogP contribution in [0.2, 0.25) is 0 Å². The van der Waals surface area contributed by atoms with Gasteiger partial charge in [-0.1, -0.05) is 19.9 Å². The first kappa shape index (κ1) is 11.0. The van der Waals surface area contributed by atoms with E-state index < -0.39 is 0 Å². The molecule has 0 saturated carbocycles. The summed E-state index contributed by atoms with van der Waals surface area (Å²) >= 11 is 0. The quantitative estimate of drug-likeness (QED) is 0.715. The van der Waals surface area contributed by atoms with E-state index in [2.05, 4.69) is 19.2 Å². The Morgan fingerprint density at radius 3 is 2.86 bits per heavy atom. The van der Waals surface area contributed by atoms with Crippen molar-refractivity contribution in [2.75, 3.05) is 6.54 Å². The van der Waals surface area contributed by atoms with Crippen molar-refractivity contribution in [2.45, 2.75) is 32.9 Å². The second-order valence-corrected chi connectivity index (χ2v) is 3.69. The molecule has 0 aliphatic carbocycles. The Bertz CT molecular complexity index is 317. The Kier molecular flexibility index (Phi) is 4.40. The molecule has 0 aromatic carbocycles. The minimum absolute atomic E-state index is 0.0806. The molecule has 78 valence electrons. The molecule has 0 unspecified atom stereocenters. The van der Waals surface area contributed by atoms with Gasteiger partial charge in [0.2, 0.25) is 5.56 Å². The average molecular weight is 194 g/mol. The Balaban J connectivity index is 2.32. The molecule has 3 heteroatoms. The lowest BCUT2D eigenvalue weighted by Gasteiger charge is -2.08. The molecule has 1 aromatic rings. The van der Waals surface area contributed by atoms with Crippen LogP contribution >= 0.6 is 0 Å². The van der Waals surface area contributed by atoms with E-state index in [9.17, 15) is 4.79 Å². The predicted octanol–water partition coefficient (Wildman–Crippen LogP) is 1.24. The van der Waals surface area contributed by atoms with Crippen molar-refractivity contribution in [3.05, 3.63) is 34.7 Å². The van der Waals surface area contributed by atoms with Gasteiger partial charge in [0.05, 0.1) is 0 Å². The van der Waals surface area contributed by atoms with Gasteiger partial charge in [-0.3, -0.25) is 4.79 Å². The van der Waals surface area contributed by atoms with Gasteiger partial charge in [0, 0.05) is 24.8 Å². The first-order valence-electron chi connectivity index (χ1n) is 5.09. The number of aryl methyl sites for hydroxylation is 1. The Morgan fingerprint density at radius 1 is 1.43 bits per heavy atom. The molecule has 0 fully saturated rings. The second kappa shape index (κ2) is 5.60. The summed E-state index contributed by atoms with van der Waals surface area (Å²) in [6, 6.07) is 5.76. The zero-order chi connectivity index (χ0) is 10.4. The van der Waals surface area contributed by atoms with Gasteiger partial charge in [0.1, 0.15) is 0 Å². The average Bonchev–Trinajstić information content (AvgIpc) is 2.15. The van der Waals surface area contributed by atoms with Gasteiger partial charge < -0.3 is 9.88 Å². The van der Waals surface area contributed by atoms with Gasteiger partial charge in [0.25, 0.3) is 0 Å². The molecule has 0 amide bonds. The van der Waals surface area contributed by atoms with Gasteiger partial charge in [0.15, 0.2) is 0 Å². The van der Waals surface area contributed by atoms with Crippen molar-refractivity contribution >= 4 is 0 Å². The van der Waals surface area contributed by atoms with Crippen molar-refractivity contribution in [2.24, 2.45) is 0 Å². The SMILES string of the molecule is CC(C)NCCCn1ccccc1=O. The van der Waals surface area contributed by atoms with Crippen LogP contribution in [0.25, 0.3) is 0 Å². The maximum absolute atomic E-state index is 11.3. The Hall–Kier alpha value is -1.09. The highest BCUT2D eigenvalue weighted by Gasteiger charge is 1.94. The molecule has 0 atom stereocenters. The van der Waals surface area contributed by atoms with E-state index in [1.54, 1.807) is 16.7 Å². The number of nitrogens with zero attached hydrogens (tertiary/aromatic N) is 1. The molecule has 0 aliphatic heterocycles. The number of hydrogen-bond acceptors (Lipinski definition) is 2. The zero-order valence-electron chi connectivity index (χ0n) is 8.86. The largest absolute Gasteiger partial charge is 0.315 e. The van der Waals surface area contributed by atoms with E-state index in [0.29, 0.717) is 6.04 Å². The van der Waals surface area contributed by atoms with Gasteiger partial charge in [-0.25, -0.2) is 0 Å². The van der Waals surface area contributed by atoms with Crippen LogP contribution in [-0.4, -0.2) is 17.2 Å². The first-order chi connectivity index (χ1) is 6.70. The van der Waals surface area contributed by atoms with Crippen molar-refractivity contribution in [3.8, 4) is 0 Å². The molecule has 1 heterocycles. The Morgan fingerprint density at radius 2 is 2.21 bits per heavy atom. The molecule has 0 aliphatic rings. The molecule has 1 rings (SSSR count). The van der Waals surface area contributed by atoms with Crippen molar-refractivity contribution in [3.63, 3.8) is 0 Å². The van der Waals surface area contributed by atoms with E-state index in [1.165, 1.54) is 0 Å². The van der Waals surface area contributed by atoms with Crippen LogP contribution in [0.3, 0.4) is 0 Å². The van der Waals surface area contributed by atoms with Gasteiger partial charge >= 0.3 is 0 Å². The lowest BCUT2D eigenvalue weighted by molar-refractivity contribution is 0.530. The smallest absolute Gasteiger partial charge is 0.250 e. The van der Waals surface area contributed by atoms with Crippen molar-refractivity contribution < 1.29 is 0 Å². The summed E-state index contributed by atoms with van der Waals surface area (Å²) in [7, 11) is 0. The lowest BCUT2D eigenvalue weighted by Crippen LogP contribution is -2.26. The maximum Gasteiger partial charge on any atom is 0.250 e. The monoisotopic (exact) mass is 194 g/mol. The van der Waals surface area contributed by atoms with Crippen LogP contribution in [0.15, 0.2) is 29.2 Å². The summed E-state index contributed by atoms with van der Waals surface area (Å²) < 4.78 is 1.74. The third kappa shape index (κ3) is 3.75. The highest BCUT2D eigenvalue weighted by molar-refractivity contribution is 4.92. The lowest BCUT2D eigenvalue weighted by atomic mass is 10.3. The summed E-state index contributed by atoms with van der Waals surface area (Å²) in [6.45, 7) is 5.99. The standard InChI is InChI=1S/C11H18N2O/c1-10(2)12-7-5-9-13-8-4-3-6-11(13)14/h3-4,6,8,10,12H,5,7,9H2,1-2H3. The van der Waals surface area contributed by atoms with Gasteiger partial charge in [-0.05, 0) is 19.0 Å². The van der Waals surface area contributed by atoms with Crippen LogP contribution in [0.4, 0.5) is 0 Å². The zero-order valence-corrected chi connectivity index (χ0v) is 8.86. The molecule has 0 radical (unpaired) electrons. The molecule has 0 spiro atoms. The molecule has 1 N–H and O–H groups in total. The number of pyridine rings is 1. The molecule has 0 saturated heterocycles. The summed E-state index contributed by atoms with van der Waals surface area (Å²) in [5.74, 6) is 0. The van der Waals surface area contributed by atoms with E-state index in [4.69, 9.17) is 0 Å². The minimum atomic E-state index is 0.0806. The molecule has 14 heavy (non-hydrogen) atoms. The summed E-state index contributed by atoms with van der Waals surface area (Å²) in [4.78, 5) is 11.3. The van der Waals surface area contributed by atoms with E-state index in [1.807, 2.05) is 12.3 Å². The maximum atomic E-state index is 11.3. The van der Waals surface area contributed by atoms with Crippen LogP contribution in [0.5, 0.6) is 0 Å². The fraction of sp³-hybridized carbons (Fsp3) is 0.545. The summed E-state index contributed by atoms with van der Waals surface area (Å²) in [5, 5.41) is 3.32. The topological polar surface area (TPSA) is 34.0 Å². The Labute approximate surface area is 84.8 Å². The first-order valence-corrected chi connectivity index (χ1v) is 5.09. The number of hydrogen-bond donors (Lipinski definition) is 1. The van der Waals surface area contributed by atoms with Crippen LogP contribution < -0.4 is 10.9 Å². The van der Waals surface area contributed by atoms with Gasteiger partial charge in [-0.15, -0.1) is 0 Å². The summed E-state index contributed by atoms with van der Waals surface area (Å²) in [5.41, 5.74) is 0.0806. The van der Waals surface area contributed by atoms with Gasteiger partial charge in [-0.2, -0.15) is 0 Å². The van der Waals surface area contributed by atoms with Crippen LogP contribution in [0.1, 0.15) is 20.3 Å². The highest BCUT2D eigenvalue weighted by Crippen LogP contribution is 1.87. The normalized spacial score (nSPS) is 10.8. The minimum Gasteiger partial charge on any atom is -0.315 e. The predicted molar refractivity (Wildman–Crippen MR) is 58.5 cm³/mol.